The van der Waals surface area contributed by atoms with Gasteiger partial charge in [0.2, 0.25) is 11.8 Å². The van der Waals surface area contributed by atoms with Crippen molar-refractivity contribution in [3.63, 3.8) is 0 Å². The second-order valence-electron chi connectivity index (χ2n) is 2.92. The van der Waals surface area contributed by atoms with E-state index < -0.39 is 0 Å². The lowest BCUT2D eigenvalue weighted by Gasteiger charge is -2.06. The fraction of sp³-hybridized carbons (Fsp3) is 0.600. The molecule has 5 nitrogen and oxygen atoms in total. The quantitative estimate of drug-likeness (QED) is 0.689. The van der Waals surface area contributed by atoms with Gasteiger partial charge in [0.15, 0.2) is 0 Å². The van der Waals surface area contributed by atoms with Crippen molar-refractivity contribution < 1.29 is 9.47 Å². The first-order valence-electron chi connectivity index (χ1n) is 5.05. The first kappa shape index (κ1) is 11.7. The summed E-state index contributed by atoms with van der Waals surface area (Å²) in [5.41, 5.74) is 0. The molecule has 1 rings (SSSR count). The monoisotopic (exact) mass is 211 g/mol. The van der Waals surface area contributed by atoms with Gasteiger partial charge in [0.1, 0.15) is 0 Å². The van der Waals surface area contributed by atoms with Crippen molar-refractivity contribution in [3.8, 4) is 5.88 Å². The maximum absolute atomic E-state index is 5.26. The highest BCUT2D eigenvalue weighted by Gasteiger charge is 1.98. The number of ether oxygens (including phenoxy) is 2. The summed E-state index contributed by atoms with van der Waals surface area (Å²) in [4.78, 5) is 8.25. The van der Waals surface area contributed by atoms with E-state index in [1.165, 1.54) is 0 Å². The summed E-state index contributed by atoms with van der Waals surface area (Å²) in [5.74, 6) is 1.19. The molecule has 0 bridgehead atoms. The third-order valence-electron chi connectivity index (χ3n) is 1.73. The molecule has 5 heteroatoms. The molecule has 0 aliphatic rings. The van der Waals surface area contributed by atoms with Crippen LogP contribution < -0.4 is 10.1 Å². The maximum Gasteiger partial charge on any atom is 0.225 e. The number of methoxy groups -OCH3 is 1. The Morgan fingerprint density at radius 1 is 1.47 bits per heavy atom. The summed E-state index contributed by atoms with van der Waals surface area (Å²) in [5, 5.41) is 3.10. The lowest BCUT2D eigenvalue weighted by Crippen LogP contribution is -2.08. The minimum atomic E-state index is 0.594. The highest BCUT2D eigenvalue weighted by molar-refractivity contribution is 5.27. The molecular formula is C10H17N3O2. The molecule has 0 radical (unpaired) electrons. The molecule has 0 aliphatic heterocycles. The van der Waals surface area contributed by atoms with Crippen molar-refractivity contribution in [3.05, 3.63) is 12.3 Å². The fourth-order valence-electron chi connectivity index (χ4n) is 1.07. The first-order valence-corrected chi connectivity index (χ1v) is 5.05. The number of aromatic nitrogens is 2. The summed E-state index contributed by atoms with van der Waals surface area (Å²) in [6.07, 6.45) is 2.61. The lowest BCUT2D eigenvalue weighted by atomic mass is 10.4. The Labute approximate surface area is 89.8 Å². The van der Waals surface area contributed by atoms with E-state index in [4.69, 9.17) is 9.47 Å². The van der Waals surface area contributed by atoms with Gasteiger partial charge in [-0.15, -0.1) is 0 Å². The van der Waals surface area contributed by atoms with Gasteiger partial charge in [-0.2, -0.15) is 4.98 Å². The molecule has 0 saturated heterocycles. The zero-order valence-electron chi connectivity index (χ0n) is 9.19. The molecule has 0 atom stereocenters. The summed E-state index contributed by atoms with van der Waals surface area (Å²) in [7, 11) is 1.69. The molecule has 0 fully saturated rings. The van der Waals surface area contributed by atoms with E-state index in [0.29, 0.717) is 18.4 Å². The molecule has 0 aliphatic carbocycles. The zero-order valence-corrected chi connectivity index (χ0v) is 9.19. The van der Waals surface area contributed by atoms with Gasteiger partial charge in [-0.3, -0.25) is 0 Å². The Morgan fingerprint density at radius 3 is 3.07 bits per heavy atom. The van der Waals surface area contributed by atoms with Crippen molar-refractivity contribution >= 4 is 5.95 Å². The minimum Gasteiger partial charge on any atom is -0.478 e. The van der Waals surface area contributed by atoms with Crippen molar-refractivity contribution in [2.24, 2.45) is 0 Å². The van der Waals surface area contributed by atoms with Gasteiger partial charge in [-0.1, -0.05) is 0 Å². The predicted octanol–water partition coefficient (Wildman–Crippen LogP) is 1.32. The first-order chi connectivity index (χ1) is 7.36. The Kier molecular flexibility index (Phi) is 5.47. The van der Waals surface area contributed by atoms with Crippen LogP contribution in [0.5, 0.6) is 5.88 Å². The Balaban J connectivity index is 2.36. The third-order valence-corrected chi connectivity index (χ3v) is 1.73. The van der Waals surface area contributed by atoms with Crippen LogP contribution in [0.15, 0.2) is 12.3 Å². The largest absolute Gasteiger partial charge is 0.478 e. The number of nitrogens with one attached hydrogen (secondary N) is 1. The normalized spacial score (nSPS) is 10.0. The van der Waals surface area contributed by atoms with E-state index in [1.54, 1.807) is 19.4 Å². The molecule has 0 aromatic carbocycles. The third kappa shape index (κ3) is 4.60. The van der Waals surface area contributed by atoms with Gasteiger partial charge < -0.3 is 14.8 Å². The van der Waals surface area contributed by atoms with Gasteiger partial charge in [-0.25, -0.2) is 4.98 Å². The Hall–Kier alpha value is -1.36. The van der Waals surface area contributed by atoms with Crippen LogP contribution >= 0.6 is 0 Å². The average molecular weight is 211 g/mol. The number of nitrogens with zero attached hydrogens (tertiary/aromatic N) is 2. The van der Waals surface area contributed by atoms with E-state index in [2.05, 4.69) is 15.3 Å². The summed E-state index contributed by atoms with van der Waals surface area (Å²) in [6, 6.07) is 1.74. The van der Waals surface area contributed by atoms with E-state index in [-0.39, 0.29) is 0 Å². The van der Waals surface area contributed by atoms with Crippen molar-refractivity contribution in [1.29, 1.82) is 0 Å². The second kappa shape index (κ2) is 7.00. The maximum atomic E-state index is 5.26. The van der Waals surface area contributed by atoms with Crippen LogP contribution in [0.25, 0.3) is 0 Å². The van der Waals surface area contributed by atoms with Crippen molar-refractivity contribution in [2.75, 3.05) is 32.2 Å². The van der Waals surface area contributed by atoms with Gasteiger partial charge in [0.25, 0.3) is 0 Å². The molecule has 1 aromatic heterocycles. The van der Waals surface area contributed by atoms with E-state index in [0.717, 1.165) is 19.6 Å². The Morgan fingerprint density at radius 2 is 2.33 bits per heavy atom. The van der Waals surface area contributed by atoms with Crippen molar-refractivity contribution in [2.45, 2.75) is 13.3 Å². The number of anilines is 1. The second-order valence-corrected chi connectivity index (χ2v) is 2.92. The SMILES string of the molecule is CCOc1ccnc(NCCCOC)n1. The highest BCUT2D eigenvalue weighted by Crippen LogP contribution is 2.07. The van der Waals surface area contributed by atoms with Crippen LogP contribution in [0, 0.1) is 0 Å². The van der Waals surface area contributed by atoms with Crippen LogP contribution in [0.1, 0.15) is 13.3 Å². The minimum absolute atomic E-state index is 0.594. The van der Waals surface area contributed by atoms with Crippen LogP contribution in [-0.4, -0.2) is 36.8 Å². The van der Waals surface area contributed by atoms with Crippen LogP contribution in [0.4, 0.5) is 5.95 Å². The van der Waals surface area contributed by atoms with Crippen LogP contribution in [0.2, 0.25) is 0 Å². The predicted molar refractivity (Wildman–Crippen MR) is 58.2 cm³/mol. The Bertz CT molecular complexity index is 281. The molecule has 0 unspecified atom stereocenters. The summed E-state index contributed by atoms with van der Waals surface area (Å²) in [6.45, 7) is 4.06. The molecule has 15 heavy (non-hydrogen) atoms. The van der Waals surface area contributed by atoms with Gasteiger partial charge in [0, 0.05) is 32.5 Å². The number of hydrogen-bond donors (Lipinski definition) is 1. The molecule has 0 amide bonds. The lowest BCUT2D eigenvalue weighted by molar-refractivity contribution is 0.197. The van der Waals surface area contributed by atoms with E-state index >= 15 is 0 Å². The highest BCUT2D eigenvalue weighted by atomic mass is 16.5. The van der Waals surface area contributed by atoms with Crippen LogP contribution in [-0.2, 0) is 4.74 Å². The van der Waals surface area contributed by atoms with E-state index in [9.17, 15) is 0 Å². The summed E-state index contributed by atoms with van der Waals surface area (Å²) >= 11 is 0. The molecule has 0 saturated carbocycles. The molecule has 1 aromatic rings. The van der Waals surface area contributed by atoms with E-state index in [1.807, 2.05) is 6.92 Å². The van der Waals surface area contributed by atoms with Gasteiger partial charge in [-0.05, 0) is 13.3 Å². The standard InChI is InChI=1S/C10H17N3O2/c1-3-15-9-5-7-12-10(13-9)11-6-4-8-14-2/h5,7H,3-4,6,8H2,1-2H3,(H,11,12,13). The number of rotatable bonds is 7. The van der Waals surface area contributed by atoms with Gasteiger partial charge >= 0.3 is 0 Å². The average Bonchev–Trinajstić information content (AvgIpc) is 2.26. The van der Waals surface area contributed by atoms with Crippen LogP contribution in [0.3, 0.4) is 0 Å². The fourth-order valence-corrected chi connectivity index (χ4v) is 1.07. The number of hydrogen-bond acceptors (Lipinski definition) is 5. The smallest absolute Gasteiger partial charge is 0.225 e. The molecule has 0 spiro atoms. The molecule has 1 N–H and O–H groups in total. The molecule has 84 valence electrons. The topological polar surface area (TPSA) is 56.3 Å². The van der Waals surface area contributed by atoms with Gasteiger partial charge in [0.05, 0.1) is 6.61 Å². The molecular weight excluding hydrogens is 194 g/mol. The summed E-state index contributed by atoms with van der Waals surface area (Å²) < 4.78 is 10.2. The molecule has 1 heterocycles. The van der Waals surface area contributed by atoms with Crippen molar-refractivity contribution in [1.82, 2.24) is 9.97 Å². The zero-order chi connectivity index (χ0) is 10.9.